The van der Waals surface area contributed by atoms with Crippen LogP contribution in [-0.4, -0.2) is 30.9 Å². The average Bonchev–Trinajstić information content (AvgIpc) is 2.60. The van der Waals surface area contributed by atoms with E-state index in [9.17, 15) is 14.7 Å². The van der Waals surface area contributed by atoms with Crippen molar-refractivity contribution in [2.24, 2.45) is 0 Å². The average molecular weight is 351 g/mol. The zero-order valence-electron chi connectivity index (χ0n) is 15.2. The predicted molar refractivity (Wildman–Crippen MR) is 97.0 cm³/mol. The number of esters is 1. The van der Waals surface area contributed by atoms with Crippen molar-refractivity contribution in [1.82, 2.24) is 0 Å². The number of anilines is 1. The number of carbonyl (C=O) groups is 2. The number of phenolic OH excluding ortho intramolecular Hbond substituents is 1. The molecule has 0 aliphatic heterocycles. The number of phenols is 1. The summed E-state index contributed by atoms with van der Waals surface area (Å²) in [6.07, 6.45) is 8.85. The molecule has 6 nitrogen and oxygen atoms in total. The summed E-state index contributed by atoms with van der Waals surface area (Å²) in [6, 6.07) is 4.17. The molecule has 0 aliphatic rings. The van der Waals surface area contributed by atoms with E-state index in [2.05, 4.69) is 17.0 Å². The minimum Gasteiger partial charge on any atom is -0.507 e. The summed E-state index contributed by atoms with van der Waals surface area (Å²) < 4.78 is 9.65. The molecule has 0 saturated carbocycles. The van der Waals surface area contributed by atoms with Gasteiger partial charge in [0.2, 0.25) is 0 Å². The second-order valence-corrected chi connectivity index (χ2v) is 5.96. The molecule has 140 valence electrons. The van der Waals surface area contributed by atoms with E-state index in [0.29, 0.717) is 12.3 Å². The Kier molecular flexibility index (Phi) is 10.1. The van der Waals surface area contributed by atoms with Gasteiger partial charge in [0, 0.05) is 11.8 Å². The number of benzene rings is 1. The summed E-state index contributed by atoms with van der Waals surface area (Å²) in [5.41, 5.74) is 0.395. The maximum absolute atomic E-state index is 11.7. The molecule has 6 heteroatoms. The van der Waals surface area contributed by atoms with Crippen LogP contribution in [0.15, 0.2) is 18.2 Å². The fourth-order valence-corrected chi connectivity index (χ4v) is 2.45. The van der Waals surface area contributed by atoms with Gasteiger partial charge in [-0.1, -0.05) is 51.9 Å². The summed E-state index contributed by atoms with van der Waals surface area (Å²) in [6.45, 7) is 2.57. The normalized spacial score (nSPS) is 10.3. The Balaban J connectivity index is 2.20. The highest BCUT2D eigenvalue weighted by Gasteiger charge is 2.12. The summed E-state index contributed by atoms with van der Waals surface area (Å²) in [5, 5.41) is 12.3. The van der Waals surface area contributed by atoms with E-state index in [1.165, 1.54) is 57.4 Å². The zero-order chi connectivity index (χ0) is 18.5. The van der Waals surface area contributed by atoms with Gasteiger partial charge in [0.05, 0.1) is 13.7 Å². The molecular formula is C19H29NO5. The fraction of sp³-hybridized carbons (Fsp3) is 0.579. The minimum absolute atomic E-state index is 0.0420. The molecule has 0 fully saturated rings. The van der Waals surface area contributed by atoms with Crippen molar-refractivity contribution in [3.63, 3.8) is 0 Å². The van der Waals surface area contributed by atoms with Gasteiger partial charge < -0.3 is 14.6 Å². The lowest BCUT2D eigenvalue weighted by Crippen LogP contribution is -2.14. The van der Waals surface area contributed by atoms with Crippen LogP contribution in [0, 0.1) is 0 Å². The third kappa shape index (κ3) is 8.42. The molecule has 0 radical (unpaired) electrons. The third-order valence-electron chi connectivity index (χ3n) is 3.88. The maximum Gasteiger partial charge on any atom is 0.411 e. The molecule has 0 atom stereocenters. The van der Waals surface area contributed by atoms with Crippen LogP contribution in [-0.2, 0) is 9.47 Å². The fourth-order valence-electron chi connectivity index (χ4n) is 2.45. The van der Waals surface area contributed by atoms with Crippen molar-refractivity contribution < 1.29 is 24.2 Å². The van der Waals surface area contributed by atoms with E-state index in [1.807, 2.05) is 0 Å². The van der Waals surface area contributed by atoms with E-state index in [0.717, 1.165) is 19.3 Å². The number of carbonyl (C=O) groups excluding carboxylic acids is 2. The van der Waals surface area contributed by atoms with E-state index in [-0.39, 0.29) is 11.3 Å². The Morgan fingerprint density at radius 3 is 2.28 bits per heavy atom. The Bertz CT molecular complexity index is 545. The van der Waals surface area contributed by atoms with Crippen molar-refractivity contribution in [2.75, 3.05) is 19.0 Å². The summed E-state index contributed by atoms with van der Waals surface area (Å²) in [5.74, 6) is -0.894. The molecule has 0 bridgehead atoms. The molecule has 0 unspecified atom stereocenters. The van der Waals surface area contributed by atoms with Crippen LogP contribution in [0.25, 0.3) is 0 Å². The highest BCUT2D eigenvalue weighted by atomic mass is 16.5. The monoisotopic (exact) mass is 351 g/mol. The van der Waals surface area contributed by atoms with Gasteiger partial charge in [-0.05, 0) is 18.6 Å². The lowest BCUT2D eigenvalue weighted by atomic mass is 10.1. The number of hydrogen-bond acceptors (Lipinski definition) is 5. The number of ether oxygens (including phenoxy) is 2. The zero-order valence-corrected chi connectivity index (χ0v) is 15.2. The topological polar surface area (TPSA) is 84.9 Å². The number of amides is 1. The lowest BCUT2D eigenvalue weighted by molar-refractivity contribution is 0.0597. The van der Waals surface area contributed by atoms with Crippen LogP contribution in [0.1, 0.15) is 68.6 Å². The largest absolute Gasteiger partial charge is 0.507 e. The highest BCUT2D eigenvalue weighted by Crippen LogP contribution is 2.22. The molecule has 0 aliphatic carbocycles. The molecule has 0 saturated heterocycles. The molecule has 25 heavy (non-hydrogen) atoms. The molecule has 0 aromatic heterocycles. The summed E-state index contributed by atoms with van der Waals surface area (Å²) in [4.78, 5) is 23.1. The van der Waals surface area contributed by atoms with Gasteiger partial charge in [0.25, 0.3) is 0 Å². The molecule has 1 amide bonds. The van der Waals surface area contributed by atoms with Crippen LogP contribution >= 0.6 is 0 Å². The Hall–Kier alpha value is -2.24. The Labute approximate surface area is 149 Å². The van der Waals surface area contributed by atoms with Gasteiger partial charge in [0.1, 0.15) is 11.3 Å². The number of unbranched alkanes of at least 4 members (excludes halogenated alkanes) is 7. The van der Waals surface area contributed by atoms with Gasteiger partial charge in [0.15, 0.2) is 0 Å². The smallest absolute Gasteiger partial charge is 0.411 e. The van der Waals surface area contributed by atoms with Crippen LogP contribution in [0.3, 0.4) is 0 Å². The first-order valence-corrected chi connectivity index (χ1v) is 8.93. The predicted octanol–water partition coefficient (Wildman–Crippen LogP) is 4.87. The maximum atomic E-state index is 11.7. The van der Waals surface area contributed by atoms with Gasteiger partial charge in [-0.25, -0.2) is 9.59 Å². The summed E-state index contributed by atoms with van der Waals surface area (Å²) >= 11 is 0. The first kappa shape index (κ1) is 20.8. The molecule has 1 aromatic carbocycles. The van der Waals surface area contributed by atoms with Gasteiger partial charge in [-0.15, -0.1) is 0 Å². The van der Waals surface area contributed by atoms with Crippen molar-refractivity contribution in [1.29, 1.82) is 0 Å². The quantitative estimate of drug-likeness (QED) is 0.439. The number of aromatic hydroxyl groups is 1. The second-order valence-electron chi connectivity index (χ2n) is 5.96. The van der Waals surface area contributed by atoms with E-state index in [4.69, 9.17) is 4.74 Å². The van der Waals surface area contributed by atoms with Gasteiger partial charge >= 0.3 is 12.1 Å². The van der Waals surface area contributed by atoms with Crippen molar-refractivity contribution >= 4 is 17.7 Å². The third-order valence-corrected chi connectivity index (χ3v) is 3.88. The first-order chi connectivity index (χ1) is 12.1. The van der Waals surface area contributed by atoms with E-state index in [1.54, 1.807) is 0 Å². The molecule has 0 spiro atoms. The van der Waals surface area contributed by atoms with Gasteiger partial charge in [-0.3, -0.25) is 5.32 Å². The summed E-state index contributed by atoms with van der Waals surface area (Å²) in [7, 11) is 1.23. The van der Waals surface area contributed by atoms with Crippen molar-refractivity contribution in [3.8, 4) is 5.75 Å². The van der Waals surface area contributed by atoms with Crippen LogP contribution in [0.4, 0.5) is 10.5 Å². The number of methoxy groups -OCH3 is 1. The van der Waals surface area contributed by atoms with Crippen LogP contribution in [0.5, 0.6) is 5.75 Å². The van der Waals surface area contributed by atoms with Crippen LogP contribution in [0.2, 0.25) is 0 Å². The number of nitrogens with one attached hydrogen (secondary N) is 1. The van der Waals surface area contributed by atoms with Crippen LogP contribution < -0.4 is 5.32 Å². The minimum atomic E-state index is -0.638. The lowest BCUT2D eigenvalue weighted by Gasteiger charge is -2.09. The highest BCUT2D eigenvalue weighted by molar-refractivity contribution is 5.94. The molecule has 2 N–H and O–H groups in total. The van der Waals surface area contributed by atoms with Crippen molar-refractivity contribution in [3.05, 3.63) is 23.8 Å². The molecule has 1 aromatic rings. The Morgan fingerprint density at radius 1 is 1.04 bits per heavy atom. The SMILES string of the molecule is CCCCCCCCCCOC(=O)Nc1ccc(C(=O)OC)c(O)c1. The van der Waals surface area contributed by atoms with Crippen molar-refractivity contribution in [2.45, 2.75) is 58.3 Å². The molecule has 1 rings (SSSR count). The second kappa shape index (κ2) is 12.2. The molecular weight excluding hydrogens is 322 g/mol. The van der Waals surface area contributed by atoms with E-state index < -0.39 is 12.1 Å². The van der Waals surface area contributed by atoms with E-state index >= 15 is 0 Å². The Morgan fingerprint density at radius 2 is 1.68 bits per heavy atom. The standard InChI is InChI=1S/C19H29NO5/c1-3-4-5-6-7-8-9-10-13-25-19(23)20-15-11-12-16(17(21)14-15)18(22)24-2/h11-12,14,21H,3-10,13H2,1-2H3,(H,20,23). The van der Waals surface area contributed by atoms with Gasteiger partial charge in [-0.2, -0.15) is 0 Å². The number of hydrogen-bond donors (Lipinski definition) is 2. The number of rotatable bonds is 11. The first-order valence-electron chi connectivity index (χ1n) is 8.93. The molecule has 0 heterocycles.